The van der Waals surface area contributed by atoms with Crippen LogP contribution in [0.25, 0.3) is 0 Å². The molecule has 5 nitrogen and oxygen atoms in total. The third kappa shape index (κ3) is 2.93. The predicted octanol–water partition coefficient (Wildman–Crippen LogP) is 1.53. The van der Waals surface area contributed by atoms with E-state index in [1.807, 2.05) is 6.07 Å². The van der Waals surface area contributed by atoms with Crippen LogP contribution in [0.3, 0.4) is 0 Å². The summed E-state index contributed by atoms with van der Waals surface area (Å²) in [6.07, 6.45) is 2.25. The minimum absolute atomic E-state index is 0.0649. The van der Waals surface area contributed by atoms with Gasteiger partial charge in [-0.3, -0.25) is 0 Å². The van der Waals surface area contributed by atoms with Crippen LogP contribution in [0.5, 0.6) is 0 Å². The Bertz CT molecular complexity index is 655. The molecule has 0 bridgehead atoms. The van der Waals surface area contributed by atoms with E-state index in [1.165, 1.54) is 18.2 Å². The van der Waals surface area contributed by atoms with Gasteiger partial charge in [0.05, 0.1) is 28.5 Å². The van der Waals surface area contributed by atoms with E-state index >= 15 is 0 Å². The lowest BCUT2D eigenvalue weighted by molar-refractivity contribution is 0.515. The maximum atomic E-state index is 12.2. The molecule has 1 aromatic rings. The van der Waals surface area contributed by atoms with Crippen LogP contribution in [-0.2, 0) is 10.0 Å². The van der Waals surface area contributed by atoms with Crippen molar-refractivity contribution in [3.05, 3.63) is 29.8 Å². The topological polar surface area (TPSA) is 93.8 Å². The highest BCUT2D eigenvalue weighted by Gasteiger charge is 2.31. The highest BCUT2D eigenvalue weighted by atomic mass is 32.2. The summed E-state index contributed by atoms with van der Waals surface area (Å²) in [5.74, 6) is -0.270. The smallest absolute Gasteiger partial charge is 0.207 e. The van der Waals surface area contributed by atoms with Crippen molar-refractivity contribution in [2.45, 2.75) is 30.2 Å². The molecule has 2 rings (SSSR count). The van der Waals surface area contributed by atoms with E-state index in [0.717, 1.165) is 12.8 Å². The molecule has 0 spiro atoms. The van der Waals surface area contributed by atoms with Crippen LogP contribution in [0.2, 0.25) is 0 Å². The lowest BCUT2D eigenvalue weighted by Crippen LogP contribution is -2.36. The van der Waals surface area contributed by atoms with Crippen molar-refractivity contribution in [1.82, 2.24) is 4.72 Å². The first kappa shape index (κ1) is 13.5. The van der Waals surface area contributed by atoms with Gasteiger partial charge in [0.1, 0.15) is 0 Å². The van der Waals surface area contributed by atoms with Crippen LogP contribution in [0.1, 0.15) is 24.8 Å². The third-order valence-electron chi connectivity index (χ3n) is 3.26. The van der Waals surface area contributed by atoms with Crippen LogP contribution in [0, 0.1) is 28.6 Å². The van der Waals surface area contributed by atoms with Gasteiger partial charge in [0.2, 0.25) is 10.0 Å². The van der Waals surface area contributed by atoms with Gasteiger partial charge in [-0.15, -0.1) is 0 Å². The summed E-state index contributed by atoms with van der Waals surface area (Å²) >= 11 is 0. The van der Waals surface area contributed by atoms with E-state index in [4.69, 9.17) is 10.5 Å². The Kier molecular flexibility index (Phi) is 3.84. The molecule has 0 aromatic heterocycles. The maximum absolute atomic E-state index is 12.2. The number of nitrogens with one attached hydrogen (secondary N) is 1. The molecular formula is C13H13N3O2S. The molecule has 1 N–H and O–H groups in total. The molecule has 1 aliphatic rings. The van der Waals surface area contributed by atoms with Crippen molar-refractivity contribution in [2.75, 3.05) is 0 Å². The van der Waals surface area contributed by atoms with Crippen molar-refractivity contribution in [2.24, 2.45) is 5.92 Å². The normalized spacial score (nSPS) is 22.6. The number of hydrogen-bond acceptors (Lipinski definition) is 4. The summed E-state index contributed by atoms with van der Waals surface area (Å²) in [4.78, 5) is 0.0649. The fraction of sp³-hybridized carbons (Fsp3) is 0.385. The molecule has 98 valence electrons. The number of hydrogen-bond donors (Lipinski definition) is 1. The van der Waals surface area contributed by atoms with Gasteiger partial charge in [-0.25, -0.2) is 13.1 Å². The number of sulfonamides is 1. The van der Waals surface area contributed by atoms with E-state index in [-0.39, 0.29) is 16.9 Å². The summed E-state index contributed by atoms with van der Waals surface area (Å²) in [5, 5.41) is 17.7. The fourth-order valence-corrected chi connectivity index (χ4v) is 3.61. The predicted molar refractivity (Wildman–Crippen MR) is 68.2 cm³/mol. The van der Waals surface area contributed by atoms with Crippen LogP contribution in [0.15, 0.2) is 29.2 Å². The molecule has 0 saturated heterocycles. The Hall–Kier alpha value is -1.89. The molecule has 1 fully saturated rings. The minimum atomic E-state index is -3.67. The quantitative estimate of drug-likeness (QED) is 0.905. The zero-order valence-corrected chi connectivity index (χ0v) is 11.0. The van der Waals surface area contributed by atoms with Crippen molar-refractivity contribution >= 4 is 10.0 Å². The summed E-state index contributed by atoms with van der Waals surface area (Å²) < 4.78 is 26.9. The minimum Gasteiger partial charge on any atom is -0.207 e. The maximum Gasteiger partial charge on any atom is 0.240 e. The van der Waals surface area contributed by atoms with Gasteiger partial charge in [-0.2, -0.15) is 10.5 Å². The van der Waals surface area contributed by atoms with E-state index in [1.54, 1.807) is 6.07 Å². The van der Waals surface area contributed by atoms with E-state index in [2.05, 4.69) is 10.8 Å². The van der Waals surface area contributed by atoms with Gasteiger partial charge >= 0.3 is 0 Å². The molecule has 0 radical (unpaired) electrons. The Balaban J connectivity index is 2.23. The van der Waals surface area contributed by atoms with Gasteiger partial charge in [0.15, 0.2) is 0 Å². The molecule has 6 heteroatoms. The number of rotatable bonds is 3. The second-order valence-electron chi connectivity index (χ2n) is 4.53. The molecule has 2 atom stereocenters. The zero-order valence-electron chi connectivity index (χ0n) is 10.2. The highest BCUT2D eigenvalue weighted by molar-refractivity contribution is 7.89. The van der Waals surface area contributed by atoms with Crippen molar-refractivity contribution < 1.29 is 8.42 Å². The molecule has 1 saturated carbocycles. The zero-order chi connectivity index (χ0) is 13.9. The third-order valence-corrected chi connectivity index (χ3v) is 4.75. The van der Waals surface area contributed by atoms with E-state index in [0.29, 0.717) is 12.0 Å². The first-order valence-electron chi connectivity index (χ1n) is 5.99. The van der Waals surface area contributed by atoms with Gasteiger partial charge in [0.25, 0.3) is 0 Å². The number of nitrogens with zero attached hydrogens (tertiary/aromatic N) is 2. The first-order valence-corrected chi connectivity index (χ1v) is 7.47. The van der Waals surface area contributed by atoms with Gasteiger partial charge in [0, 0.05) is 6.04 Å². The van der Waals surface area contributed by atoms with E-state index in [9.17, 15) is 8.42 Å². The molecule has 0 heterocycles. The molecule has 2 unspecified atom stereocenters. The number of benzene rings is 1. The van der Waals surface area contributed by atoms with Crippen LogP contribution in [0.4, 0.5) is 0 Å². The largest absolute Gasteiger partial charge is 0.240 e. The SMILES string of the molecule is N#Cc1cccc(S(=O)(=O)NC2CCCC2C#N)c1. The van der Waals surface area contributed by atoms with Crippen LogP contribution < -0.4 is 4.72 Å². The van der Waals surface area contributed by atoms with Gasteiger partial charge in [-0.05, 0) is 31.0 Å². The molecule has 0 amide bonds. The second-order valence-corrected chi connectivity index (χ2v) is 6.25. The van der Waals surface area contributed by atoms with Crippen LogP contribution in [-0.4, -0.2) is 14.5 Å². The monoisotopic (exact) mass is 275 g/mol. The van der Waals surface area contributed by atoms with Crippen molar-refractivity contribution in [1.29, 1.82) is 10.5 Å². The molecule has 1 aliphatic carbocycles. The summed E-state index contributed by atoms with van der Waals surface area (Å²) in [5.41, 5.74) is 0.297. The first-order chi connectivity index (χ1) is 9.06. The summed E-state index contributed by atoms with van der Waals surface area (Å²) in [6.45, 7) is 0. The van der Waals surface area contributed by atoms with E-state index < -0.39 is 10.0 Å². The molecule has 19 heavy (non-hydrogen) atoms. The standard InChI is InChI=1S/C13H13N3O2S/c14-8-10-3-1-5-12(7-10)19(17,18)16-13-6-2-4-11(13)9-15/h1,3,5,7,11,13,16H,2,4,6H2. The van der Waals surface area contributed by atoms with Crippen molar-refractivity contribution in [3.63, 3.8) is 0 Å². The molecule has 1 aromatic carbocycles. The number of nitriles is 2. The average molecular weight is 275 g/mol. The summed E-state index contributed by atoms with van der Waals surface area (Å²) in [6, 6.07) is 9.56. The molecular weight excluding hydrogens is 262 g/mol. The lowest BCUT2D eigenvalue weighted by atomic mass is 10.1. The Labute approximate surface area is 112 Å². The lowest BCUT2D eigenvalue weighted by Gasteiger charge is -2.15. The average Bonchev–Trinajstić information content (AvgIpc) is 2.85. The Morgan fingerprint density at radius 2 is 2.05 bits per heavy atom. The van der Waals surface area contributed by atoms with Crippen LogP contribution >= 0.6 is 0 Å². The highest BCUT2D eigenvalue weighted by Crippen LogP contribution is 2.26. The Morgan fingerprint density at radius 1 is 1.26 bits per heavy atom. The van der Waals surface area contributed by atoms with Gasteiger partial charge < -0.3 is 0 Å². The summed E-state index contributed by atoms with van der Waals surface area (Å²) in [7, 11) is -3.67. The molecule has 0 aliphatic heterocycles. The van der Waals surface area contributed by atoms with Gasteiger partial charge in [-0.1, -0.05) is 12.5 Å². The Morgan fingerprint density at radius 3 is 2.74 bits per heavy atom. The van der Waals surface area contributed by atoms with Crippen molar-refractivity contribution in [3.8, 4) is 12.1 Å². The second kappa shape index (κ2) is 5.40. The fourth-order valence-electron chi connectivity index (χ4n) is 2.26.